The summed E-state index contributed by atoms with van der Waals surface area (Å²) in [7, 11) is 0. The van der Waals surface area contributed by atoms with Crippen molar-refractivity contribution < 1.29 is 21.1 Å². The molecule has 0 saturated carbocycles. The summed E-state index contributed by atoms with van der Waals surface area (Å²) in [6, 6.07) is 57.8. The second-order valence-corrected chi connectivity index (χ2v) is 17.8. The monoisotopic (exact) mass is 940 g/mol. The van der Waals surface area contributed by atoms with E-state index in [-0.39, 0.29) is 31.9 Å². The minimum atomic E-state index is -0.0102. The van der Waals surface area contributed by atoms with Crippen LogP contribution in [-0.4, -0.2) is 9.55 Å². The van der Waals surface area contributed by atoms with Gasteiger partial charge in [-0.1, -0.05) is 132 Å². The maximum atomic E-state index is 4.95. The molecule has 57 heavy (non-hydrogen) atoms. The van der Waals surface area contributed by atoms with Crippen LogP contribution >= 0.6 is 11.8 Å². The number of fused-ring (bicyclic) bond motifs is 4. The second kappa shape index (κ2) is 15.3. The van der Waals surface area contributed by atoms with E-state index in [0.29, 0.717) is 0 Å². The van der Waals surface area contributed by atoms with E-state index in [2.05, 4.69) is 214 Å². The van der Waals surface area contributed by atoms with Crippen LogP contribution < -0.4 is 9.80 Å². The molecule has 0 fully saturated rings. The Hall–Kier alpha value is -5.09. The molecule has 3 heterocycles. The molecule has 4 nitrogen and oxygen atoms in total. The van der Waals surface area contributed by atoms with Gasteiger partial charge in [0.15, 0.2) is 0 Å². The zero-order valence-corrected chi connectivity index (χ0v) is 36.2. The number of aromatic nitrogens is 2. The van der Waals surface area contributed by atoms with Crippen LogP contribution in [0.4, 0.5) is 17.1 Å². The topological polar surface area (TPSA) is 24.3 Å². The van der Waals surface area contributed by atoms with E-state index in [1.165, 1.54) is 33.2 Å². The smallest absolute Gasteiger partial charge is 0.135 e. The number of hydrogen-bond acceptors (Lipinski definition) is 4. The Labute approximate surface area is 355 Å². The minimum absolute atomic E-state index is 0. The molecule has 0 bridgehead atoms. The summed E-state index contributed by atoms with van der Waals surface area (Å²) in [6.07, 6.45) is 1.94. The van der Waals surface area contributed by atoms with Gasteiger partial charge < -0.3 is 14.4 Å². The van der Waals surface area contributed by atoms with E-state index in [4.69, 9.17) is 4.98 Å². The predicted octanol–water partition coefficient (Wildman–Crippen LogP) is 13.5. The molecule has 1 aliphatic heterocycles. The van der Waals surface area contributed by atoms with Gasteiger partial charge in [0.05, 0.1) is 0 Å². The van der Waals surface area contributed by atoms with Gasteiger partial charge in [0.2, 0.25) is 0 Å². The van der Waals surface area contributed by atoms with Crippen molar-refractivity contribution in [2.24, 2.45) is 0 Å². The van der Waals surface area contributed by atoms with Crippen LogP contribution in [0.15, 0.2) is 156 Å². The van der Waals surface area contributed by atoms with E-state index in [1.54, 1.807) is 11.8 Å². The van der Waals surface area contributed by atoms with Crippen molar-refractivity contribution in [2.75, 3.05) is 9.80 Å². The van der Waals surface area contributed by atoms with Gasteiger partial charge in [0, 0.05) is 50.7 Å². The zero-order valence-electron chi connectivity index (χ0n) is 33.2. The second-order valence-electron chi connectivity index (χ2n) is 16.7. The fourth-order valence-electron chi connectivity index (χ4n) is 7.60. The van der Waals surface area contributed by atoms with Crippen LogP contribution in [-0.2, 0) is 38.4 Å². The van der Waals surface area contributed by atoms with Gasteiger partial charge in [-0.05, 0) is 68.8 Å². The molecule has 1 aliphatic rings. The number of nitrogens with zero attached hydrogens (tertiary/aromatic N) is 4. The summed E-state index contributed by atoms with van der Waals surface area (Å²) in [5.74, 6) is 0.905. The standard InChI is InChI=1S/C51H45N4S.Pt/c1-50(2,3)38-21-24-45-44(29-38)43-23-22-41(32-48(43)55(45)49-30-39(25-26-52-49)51(4,5)6)56-42-28-37(36-17-11-8-12-18-36)27-40(31-42)54-34-53(33-35-15-9-7-10-16-35)46-19-13-14-20-47(46)54;/h7-30,34H,33H2,1-6H3;/q-3;. The SMILES string of the molecule is CC(C)(C)c1ccnc(-n2c3[c-]c(Sc4[c-]c(N5[CH-]N(Cc6ccccc6)c6ccccc65)cc(-c5ccccc5)c4)ccc3c3cc(C(C)(C)C)ccc32)c1.[Pt]. The molecule has 0 spiro atoms. The number of anilines is 3. The molecule has 0 radical (unpaired) electrons. The maximum Gasteiger partial charge on any atom is 0.135 e. The quantitative estimate of drug-likeness (QED) is 0.149. The normalized spacial score (nSPS) is 12.9. The average Bonchev–Trinajstić information content (AvgIpc) is 3.73. The number of para-hydroxylation sites is 2. The van der Waals surface area contributed by atoms with Crippen molar-refractivity contribution in [3.63, 3.8) is 0 Å². The molecule has 0 unspecified atom stereocenters. The fraction of sp³-hybridized carbons (Fsp3) is 0.176. The van der Waals surface area contributed by atoms with Crippen molar-refractivity contribution >= 4 is 50.6 Å². The van der Waals surface area contributed by atoms with Crippen molar-refractivity contribution in [2.45, 2.75) is 68.7 Å². The Bertz CT molecular complexity index is 2710. The third-order valence-electron chi connectivity index (χ3n) is 10.7. The number of benzene rings is 6. The van der Waals surface area contributed by atoms with E-state index < -0.39 is 0 Å². The molecule has 8 aromatic rings. The molecule has 0 saturated heterocycles. The molecule has 9 rings (SSSR count). The first-order valence-electron chi connectivity index (χ1n) is 19.3. The largest absolute Gasteiger partial charge is 0.498 e. The first-order chi connectivity index (χ1) is 27.0. The Morgan fingerprint density at radius 2 is 1.30 bits per heavy atom. The van der Waals surface area contributed by atoms with Gasteiger partial charge in [0.25, 0.3) is 0 Å². The molecular weight excluding hydrogens is 896 g/mol. The van der Waals surface area contributed by atoms with Gasteiger partial charge in [0.1, 0.15) is 5.82 Å². The van der Waals surface area contributed by atoms with Gasteiger partial charge in [-0.25, -0.2) is 4.98 Å². The molecule has 2 aromatic heterocycles. The summed E-state index contributed by atoms with van der Waals surface area (Å²) < 4.78 is 2.30. The van der Waals surface area contributed by atoms with Crippen molar-refractivity contribution in [1.29, 1.82) is 0 Å². The molecular formula is C51H45N4PtS-3. The van der Waals surface area contributed by atoms with Crippen LogP contribution in [0.3, 0.4) is 0 Å². The Morgan fingerprint density at radius 3 is 2.04 bits per heavy atom. The van der Waals surface area contributed by atoms with E-state index in [0.717, 1.165) is 55.7 Å². The molecule has 0 atom stereocenters. The predicted molar refractivity (Wildman–Crippen MR) is 235 cm³/mol. The van der Waals surface area contributed by atoms with Crippen LogP contribution in [0, 0.1) is 18.8 Å². The summed E-state index contributed by atoms with van der Waals surface area (Å²) in [5, 5.41) is 2.38. The maximum absolute atomic E-state index is 4.95. The van der Waals surface area contributed by atoms with Crippen LogP contribution in [0.5, 0.6) is 0 Å². The third-order valence-corrected chi connectivity index (χ3v) is 11.6. The van der Waals surface area contributed by atoms with Crippen LogP contribution in [0.2, 0.25) is 0 Å². The van der Waals surface area contributed by atoms with Gasteiger partial charge >= 0.3 is 0 Å². The van der Waals surface area contributed by atoms with Gasteiger partial charge in [-0.2, -0.15) is 18.8 Å². The number of rotatable bonds is 7. The number of hydrogen-bond donors (Lipinski definition) is 0. The molecule has 6 aromatic carbocycles. The summed E-state index contributed by atoms with van der Waals surface area (Å²) in [6.45, 7) is 16.6. The zero-order chi connectivity index (χ0) is 38.6. The van der Waals surface area contributed by atoms with E-state index >= 15 is 0 Å². The minimum Gasteiger partial charge on any atom is -0.498 e. The van der Waals surface area contributed by atoms with Crippen LogP contribution in [0.1, 0.15) is 58.2 Å². The van der Waals surface area contributed by atoms with Crippen molar-refractivity contribution in [3.8, 4) is 16.9 Å². The third kappa shape index (κ3) is 7.68. The molecule has 6 heteroatoms. The molecule has 0 amide bonds. The first kappa shape index (κ1) is 38.8. The molecule has 0 N–H and O–H groups in total. The average molecular weight is 941 g/mol. The van der Waals surface area contributed by atoms with E-state index in [1.807, 2.05) is 6.20 Å². The Morgan fingerprint density at radius 1 is 0.614 bits per heavy atom. The Kier molecular flexibility index (Phi) is 10.4. The first-order valence-corrected chi connectivity index (χ1v) is 20.1. The Balaban J connectivity index is 0.00000455. The van der Waals surface area contributed by atoms with Gasteiger partial charge in [-0.15, -0.1) is 62.5 Å². The molecule has 0 aliphatic carbocycles. The van der Waals surface area contributed by atoms with Crippen molar-refractivity contribution in [3.05, 3.63) is 181 Å². The fourth-order valence-corrected chi connectivity index (χ4v) is 8.46. The number of pyridine rings is 1. The van der Waals surface area contributed by atoms with E-state index in [9.17, 15) is 0 Å². The summed E-state index contributed by atoms with van der Waals surface area (Å²) >= 11 is 1.70. The van der Waals surface area contributed by atoms with Gasteiger partial charge in [-0.3, -0.25) is 0 Å². The summed E-state index contributed by atoms with van der Waals surface area (Å²) in [5.41, 5.74) is 11.6. The van der Waals surface area contributed by atoms with Crippen LogP contribution in [0.25, 0.3) is 38.8 Å². The summed E-state index contributed by atoms with van der Waals surface area (Å²) in [4.78, 5) is 11.6. The van der Waals surface area contributed by atoms with Crippen molar-refractivity contribution in [1.82, 2.24) is 9.55 Å². The molecule has 288 valence electrons.